The molecule has 0 spiro atoms. The number of nitrogens with zero attached hydrogens (tertiary/aromatic N) is 4. The number of aromatic nitrogens is 3. The number of nitrogens with two attached hydrogens (primary N) is 1. The molecule has 7 nitrogen and oxygen atoms in total. The average molecular weight is 428 g/mol. The van der Waals surface area contributed by atoms with Crippen LogP contribution in [0.25, 0.3) is 11.0 Å². The highest BCUT2D eigenvalue weighted by Crippen LogP contribution is 2.58. The number of rotatable bonds is 4. The summed E-state index contributed by atoms with van der Waals surface area (Å²) in [6.45, 7) is 1.81. The van der Waals surface area contributed by atoms with Crippen molar-refractivity contribution in [3.63, 3.8) is 0 Å². The van der Waals surface area contributed by atoms with Gasteiger partial charge in [-0.1, -0.05) is 11.8 Å². The number of pyridine rings is 1. The third-order valence-corrected chi connectivity index (χ3v) is 6.75. The third-order valence-electron chi connectivity index (χ3n) is 5.59. The number of halogens is 2. The van der Waals surface area contributed by atoms with Gasteiger partial charge in [0.05, 0.1) is 24.4 Å². The minimum atomic E-state index is -0.964. The summed E-state index contributed by atoms with van der Waals surface area (Å²) in [4.78, 5) is 17.2. The fourth-order valence-electron chi connectivity index (χ4n) is 3.94. The lowest BCUT2D eigenvalue weighted by atomic mass is 9.86. The standard InChI is InChI=1S/C20H18F2N6OS/c1-20(11-6-15(11)30-19(23)28-20)12-3-9(4-13(21)16(12)22)27-18-17-14(25-8-26-18)5-10(29-2)7-24-17/h3-5,7-8,11,15H,6H2,1-2H3,(H2,23,28)(H,25,26,27)/t11-,15+,20+/m1/s1. The summed E-state index contributed by atoms with van der Waals surface area (Å²) < 4.78 is 34.6. The lowest BCUT2D eigenvalue weighted by Crippen LogP contribution is -2.32. The molecule has 0 radical (unpaired) electrons. The van der Waals surface area contributed by atoms with Gasteiger partial charge in [0.2, 0.25) is 0 Å². The molecule has 1 fully saturated rings. The van der Waals surface area contributed by atoms with Gasteiger partial charge in [-0.2, -0.15) is 0 Å². The van der Waals surface area contributed by atoms with Gasteiger partial charge in [-0.3, -0.25) is 4.99 Å². The van der Waals surface area contributed by atoms with Crippen molar-refractivity contribution < 1.29 is 13.5 Å². The summed E-state index contributed by atoms with van der Waals surface area (Å²) in [5, 5.41) is 3.73. The van der Waals surface area contributed by atoms with Crippen molar-refractivity contribution >= 4 is 39.5 Å². The first-order valence-corrected chi connectivity index (χ1v) is 10.2. The Balaban J connectivity index is 1.57. The quantitative estimate of drug-likeness (QED) is 0.653. The number of aliphatic imine (C=N–C) groups is 1. The zero-order valence-corrected chi connectivity index (χ0v) is 17.0. The Kier molecular flexibility index (Phi) is 4.28. The molecule has 3 atom stereocenters. The zero-order chi connectivity index (χ0) is 21.0. The minimum Gasteiger partial charge on any atom is -0.495 e. The maximum Gasteiger partial charge on any atom is 0.164 e. The van der Waals surface area contributed by atoms with Gasteiger partial charge >= 0.3 is 0 Å². The van der Waals surface area contributed by atoms with E-state index >= 15 is 0 Å². The van der Waals surface area contributed by atoms with Gasteiger partial charge in [0.25, 0.3) is 0 Å². The Hall–Kier alpha value is -3.01. The van der Waals surface area contributed by atoms with E-state index in [0.717, 1.165) is 12.5 Å². The van der Waals surface area contributed by atoms with Crippen LogP contribution in [-0.2, 0) is 5.54 Å². The molecule has 1 aliphatic carbocycles. The number of hydrogen-bond donors (Lipinski definition) is 2. The minimum absolute atomic E-state index is 0.118. The van der Waals surface area contributed by atoms with Crippen LogP contribution in [0.3, 0.4) is 0 Å². The first-order chi connectivity index (χ1) is 14.4. The Morgan fingerprint density at radius 3 is 2.87 bits per heavy atom. The molecule has 3 aromatic rings. The summed E-state index contributed by atoms with van der Waals surface area (Å²) in [6, 6.07) is 4.38. The summed E-state index contributed by atoms with van der Waals surface area (Å²) in [6.07, 6.45) is 3.78. The van der Waals surface area contributed by atoms with Crippen molar-refractivity contribution in [1.82, 2.24) is 15.0 Å². The molecule has 0 saturated heterocycles. The molecular weight excluding hydrogens is 410 g/mol. The molecule has 2 aliphatic rings. The fourth-order valence-corrected chi connectivity index (χ4v) is 5.23. The van der Waals surface area contributed by atoms with Crippen LogP contribution < -0.4 is 15.8 Å². The number of nitrogens with one attached hydrogen (secondary N) is 1. The predicted octanol–water partition coefficient (Wildman–Crippen LogP) is 3.72. The molecule has 5 rings (SSSR count). The van der Waals surface area contributed by atoms with E-state index in [-0.39, 0.29) is 16.7 Å². The number of ether oxygens (including phenoxy) is 1. The summed E-state index contributed by atoms with van der Waals surface area (Å²) in [5.41, 5.74) is 6.59. The molecule has 3 N–H and O–H groups in total. The van der Waals surface area contributed by atoms with Gasteiger partial charge in [0.1, 0.15) is 17.6 Å². The summed E-state index contributed by atoms with van der Waals surface area (Å²) in [5.74, 6) is -0.829. The van der Waals surface area contributed by atoms with Gasteiger partial charge in [0.15, 0.2) is 22.6 Å². The van der Waals surface area contributed by atoms with Crippen LogP contribution in [0.15, 0.2) is 35.7 Å². The smallest absolute Gasteiger partial charge is 0.164 e. The topological polar surface area (TPSA) is 98.3 Å². The monoisotopic (exact) mass is 428 g/mol. The summed E-state index contributed by atoms with van der Waals surface area (Å²) in [7, 11) is 1.54. The van der Waals surface area contributed by atoms with Gasteiger partial charge in [0, 0.05) is 34.6 Å². The molecule has 154 valence electrons. The number of hydrogen-bond acceptors (Lipinski definition) is 8. The van der Waals surface area contributed by atoms with E-state index in [0.29, 0.717) is 33.5 Å². The molecule has 10 heteroatoms. The third kappa shape index (κ3) is 3.02. The number of thioether (sulfide) groups is 1. The number of fused-ring (bicyclic) bond motifs is 2. The lowest BCUT2D eigenvalue weighted by Gasteiger charge is -2.30. The van der Waals surface area contributed by atoms with E-state index in [1.165, 1.54) is 25.2 Å². The molecular formula is C20H18F2N6OS. The van der Waals surface area contributed by atoms with Gasteiger partial charge in [-0.25, -0.2) is 23.7 Å². The Bertz CT molecular complexity index is 1210. The predicted molar refractivity (Wildman–Crippen MR) is 112 cm³/mol. The number of amidine groups is 1. The normalized spacial score (nSPS) is 24.9. The second-order valence-corrected chi connectivity index (χ2v) is 8.77. The van der Waals surface area contributed by atoms with Gasteiger partial charge < -0.3 is 15.8 Å². The van der Waals surface area contributed by atoms with E-state index < -0.39 is 17.2 Å². The molecule has 0 unspecified atom stereocenters. The van der Waals surface area contributed by atoms with Crippen molar-refractivity contribution in [3.05, 3.63) is 47.9 Å². The first kappa shape index (κ1) is 19.0. The first-order valence-electron chi connectivity index (χ1n) is 9.32. The van der Waals surface area contributed by atoms with Crippen molar-refractivity contribution in [1.29, 1.82) is 0 Å². The molecule has 1 aliphatic heterocycles. The Morgan fingerprint density at radius 1 is 1.23 bits per heavy atom. The molecule has 2 aromatic heterocycles. The molecule has 1 saturated carbocycles. The van der Waals surface area contributed by atoms with E-state index in [1.807, 2.05) is 0 Å². The number of anilines is 2. The Labute approximate surface area is 175 Å². The maximum atomic E-state index is 14.8. The van der Waals surface area contributed by atoms with Crippen LogP contribution in [-0.4, -0.2) is 32.5 Å². The fraction of sp³-hybridized carbons (Fsp3) is 0.300. The van der Waals surface area contributed by atoms with Crippen LogP contribution in [0, 0.1) is 17.6 Å². The van der Waals surface area contributed by atoms with E-state index in [1.54, 1.807) is 25.3 Å². The molecule has 1 aromatic carbocycles. The van der Waals surface area contributed by atoms with E-state index in [9.17, 15) is 8.78 Å². The van der Waals surface area contributed by atoms with Crippen LogP contribution in [0.4, 0.5) is 20.3 Å². The largest absolute Gasteiger partial charge is 0.495 e. The average Bonchev–Trinajstić information content (AvgIpc) is 3.50. The van der Waals surface area contributed by atoms with Crippen LogP contribution in [0.2, 0.25) is 0 Å². The molecule has 0 amide bonds. The van der Waals surface area contributed by atoms with Crippen molar-refractivity contribution in [2.45, 2.75) is 24.1 Å². The van der Waals surface area contributed by atoms with Crippen molar-refractivity contribution in [3.8, 4) is 5.75 Å². The highest BCUT2D eigenvalue weighted by atomic mass is 32.2. The maximum absolute atomic E-state index is 14.8. The van der Waals surface area contributed by atoms with E-state index in [4.69, 9.17) is 10.5 Å². The molecule has 0 bridgehead atoms. The zero-order valence-electron chi connectivity index (χ0n) is 16.2. The second-order valence-electron chi connectivity index (χ2n) is 7.51. The van der Waals surface area contributed by atoms with Crippen LogP contribution in [0.5, 0.6) is 5.75 Å². The SMILES string of the molecule is COc1cnc2c(Nc3cc(F)c(F)c([C@@]4(C)N=C(N)S[C@H]5C[C@H]54)c3)ncnc2c1. The van der Waals surface area contributed by atoms with Crippen molar-refractivity contribution in [2.75, 3.05) is 12.4 Å². The molecule has 3 heterocycles. The summed E-state index contributed by atoms with van der Waals surface area (Å²) >= 11 is 1.49. The lowest BCUT2D eigenvalue weighted by molar-refractivity contribution is 0.393. The molecule has 30 heavy (non-hydrogen) atoms. The van der Waals surface area contributed by atoms with Gasteiger partial charge in [-0.15, -0.1) is 0 Å². The number of benzene rings is 1. The van der Waals surface area contributed by atoms with E-state index in [2.05, 4.69) is 25.3 Å². The second kappa shape index (κ2) is 6.76. The van der Waals surface area contributed by atoms with Crippen molar-refractivity contribution in [2.24, 2.45) is 16.6 Å². The van der Waals surface area contributed by atoms with Crippen LogP contribution >= 0.6 is 11.8 Å². The van der Waals surface area contributed by atoms with Gasteiger partial charge in [-0.05, 0) is 19.4 Å². The Morgan fingerprint density at radius 2 is 2.07 bits per heavy atom. The number of methoxy groups -OCH3 is 1. The highest BCUT2D eigenvalue weighted by molar-refractivity contribution is 8.14. The highest BCUT2D eigenvalue weighted by Gasteiger charge is 2.56. The van der Waals surface area contributed by atoms with Crippen LogP contribution in [0.1, 0.15) is 18.9 Å².